The van der Waals surface area contributed by atoms with Crippen LogP contribution >= 0.6 is 0 Å². The van der Waals surface area contributed by atoms with Crippen LogP contribution in [0.2, 0.25) is 0 Å². The molecule has 1 rings (SSSR count). The van der Waals surface area contributed by atoms with Gasteiger partial charge in [-0.3, -0.25) is 9.59 Å². The van der Waals surface area contributed by atoms with Crippen LogP contribution in [0.25, 0.3) is 0 Å². The number of piperidine rings is 1. The number of amides is 2. The number of carbonyl (C=O) groups is 2. The van der Waals surface area contributed by atoms with E-state index in [1.165, 1.54) is 0 Å². The summed E-state index contributed by atoms with van der Waals surface area (Å²) in [5.74, 6) is 0.0842. The highest BCUT2D eigenvalue weighted by Crippen LogP contribution is 2.15. The summed E-state index contributed by atoms with van der Waals surface area (Å²) in [5, 5.41) is 0. The molecular weight excluding hydrogens is 206 g/mol. The SMILES string of the molecule is CC(=O)N(C)C1CCN(C(=O)C(C)N)CC1. The molecule has 1 heterocycles. The second-order valence-electron chi connectivity index (χ2n) is 4.48. The zero-order valence-electron chi connectivity index (χ0n) is 10.3. The fraction of sp³-hybridized carbons (Fsp3) is 0.818. The van der Waals surface area contributed by atoms with E-state index >= 15 is 0 Å². The van der Waals surface area contributed by atoms with Gasteiger partial charge in [0.25, 0.3) is 0 Å². The molecule has 0 aromatic heterocycles. The molecule has 0 bridgehead atoms. The highest BCUT2D eigenvalue weighted by Gasteiger charge is 2.27. The minimum atomic E-state index is -0.429. The number of carbonyl (C=O) groups excluding carboxylic acids is 2. The van der Waals surface area contributed by atoms with E-state index in [2.05, 4.69) is 0 Å². The van der Waals surface area contributed by atoms with E-state index in [1.807, 2.05) is 7.05 Å². The molecule has 0 aliphatic carbocycles. The van der Waals surface area contributed by atoms with E-state index in [-0.39, 0.29) is 17.9 Å². The van der Waals surface area contributed by atoms with Crippen LogP contribution in [0.5, 0.6) is 0 Å². The summed E-state index contributed by atoms with van der Waals surface area (Å²) in [6.45, 7) is 4.67. The zero-order chi connectivity index (χ0) is 12.3. The van der Waals surface area contributed by atoms with E-state index < -0.39 is 6.04 Å². The van der Waals surface area contributed by atoms with Crippen molar-refractivity contribution >= 4 is 11.8 Å². The quantitative estimate of drug-likeness (QED) is 0.710. The van der Waals surface area contributed by atoms with E-state index in [9.17, 15) is 9.59 Å². The van der Waals surface area contributed by atoms with Crippen LogP contribution in [-0.2, 0) is 9.59 Å². The van der Waals surface area contributed by atoms with Crippen molar-refractivity contribution in [2.45, 2.75) is 38.8 Å². The summed E-state index contributed by atoms with van der Waals surface area (Å²) in [6.07, 6.45) is 1.68. The lowest BCUT2D eigenvalue weighted by Crippen LogP contribution is -2.50. The lowest BCUT2D eigenvalue weighted by molar-refractivity contribution is -0.135. The van der Waals surface area contributed by atoms with Gasteiger partial charge < -0.3 is 15.5 Å². The van der Waals surface area contributed by atoms with Gasteiger partial charge in [-0.1, -0.05) is 0 Å². The topological polar surface area (TPSA) is 66.6 Å². The van der Waals surface area contributed by atoms with E-state index in [0.29, 0.717) is 13.1 Å². The summed E-state index contributed by atoms with van der Waals surface area (Å²) >= 11 is 0. The highest BCUT2D eigenvalue weighted by atomic mass is 16.2. The standard InChI is InChI=1S/C11H21N3O2/c1-8(12)11(16)14-6-4-10(5-7-14)13(3)9(2)15/h8,10H,4-7,12H2,1-3H3. The van der Waals surface area contributed by atoms with Crippen molar-refractivity contribution in [2.75, 3.05) is 20.1 Å². The molecule has 1 aliphatic rings. The van der Waals surface area contributed by atoms with Gasteiger partial charge in [-0.05, 0) is 19.8 Å². The van der Waals surface area contributed by atoms with Gasteiger partial charge in [0.1, 0.15) is 0 Å². The Morgan fingerprint density at radius 1 is 1.38 bits per heavy atom. The van der Waals surface area contributed by atoms with Crippen molar-refractivity contribution in [1.29, 1.82) is 0 Å². The van der Waals surface area contributed by atoms with Crippen LogP contribution in [0, 0.1) is 0 Å². The molecule has 5 nitrogen and oxygen atoms in total. The lowest BCUT2D eigenvalue weighted by Gasteiger charge is -2.37. The Morgan fingerprint density at radius 3 is 2.25 bits per heavy atom. The second kappa shape index (κ2) is 5.30. The lowest BCUT2D eigenvalue weighted by atomic mass is 10.0. The van der Waals surface area contributed by atoms with E-state index in [1.54, 1.807) is 23.6 Å². The Morgan fingerprint density at radius 2 is 1.88 bits per heavy atom. The zero-order valence-corrected chi connectivity index (χ0v) is 10.3. The molecule has 16 heavy (non-hydrogen) atoms. The Hall–Kier alpha value is -1.10. The normalized spacial score (nSPS) is 19.4. The molecule has 2 amide bonds. The van der Waals surface area contributed by atoms with Crippen molar-refractivity contribution in [2.24, 2.45) is 5.73 Å². The van der Waals surface area contributed by atoms with Gasteiger partial charge in [-0.2, -0.15) is 0 Å². The monoisotopic (exact) mass is 227 g/mol. The highest BCUT2D eigenvalue weighted by molar-refractivity contribution is 5.81. The van der Waals surface area contributed by atoms with Crippen molar-refractivity contribution in [3.8, 4) is 0 Å². The minimum absolute atomic E-state index is 0.00364. The number of nitrogens with two attached hydrogens (primary N) is 1. The smallest absolute Gasteiger partial charge is 0.239 e. The molecular formula is C11H21N3O2. The third kappa shape index (κ3) is 2.95. The minimum Gasteiger partial charge on any atom is -0.343 e. The average Bonchev–Trinajstić information content (AvgIpc) is 2.27. The number of hydrogen-bond donors (Lipinski definition) is 1. The first kappa shape index (κ1) is 13.0. The average molecular weight is 227 g/mol. The van der Waals surface area contributed by atoms with Crippen LogP contribution in [0.15, 0.2) is 0 Å². The first-order valence-electron chi connectivity index (χ1n) is 5.71. The van der Waals surface area contributed by atoms with Gasteiger partial charge in [-0.25, -0.2) is 0 Å². The fourth-order valence-corrected chi connectivity index (χ4v) is 2.02. The predicted molar refractivity (Wildman–Crippen MR) is 61.7 cm³/mol. The molecule has 0 saturated carbocycles. The maximum atomic E-state index is 11.6. The Labute approximate surface area is 96.6 Å². The van der Waals surface area contributed by atoms with Gasteiger partial charge in [0.15, 0.2) is 0 Å². The predicted octanol–water partition coefficient (Wildman–Crippen LogP) is -0.197. The number of rotatable bonds is 2. The molecule has 0 aromatic carbocycles. The van der Waals surface area contributed by atoms with Crippen LogP contribution in [-0.4, -0.2) is 53.8 Å². The first-order chi connectivity index (χ1) is 7.43. The molecule has 2 N–H and O–H groups in total. The molecule has 0 aromatic rings. The van der Waals surface area contributed by atoms with Gasteiger partial charge in [-0.15, -0.1) is 0 Å². The van der Waals surface area contributed by atoms with E-state index in [4.69, 9.17) is 5.73 Å². The molecule has 1 fully saturated rings. The van der Waals surface area contributed by atoms with Gasteiger partial charge >= 0.3 is 0 Å². The van der Waals surface area contributed by atoms with E-state index in [0.717, 1.165) is 12.8 Å². The number of likely N-dealkylation sites (tertiary alicyclic amines) is 1. The van der Waals surface area contributed by atoms with Gasteiger partial charge in [0.2, 0.25) is 11.8 Å². The Balaban J connectivity index is 2.45. The maximum absolute atomic E-state index is 11.6. The second-order valence-corrected chi connectivity index (χ2v) is 4.48. The molecule has 92 valence electrons. The van der Waals surface area contributed by atoms with Crippen LogP contribution in [0.4, 0.5) is 0 Å². The maximum Gasteiger partial charge on any atom is 0.239 e. The van der Waals surface area contributed by atoms with Crippen molar-refractivity contribution in [1.82, 2.24) is 9.80 Å². The molecule has 1 saturated heterocycles. The molecule has 0 radical (unpaired) electrons. The summed E-state index contributed by atoms with van der Waals surface area (Å²) < 4.78 is 0. The summed E-state index contributed by atoms with van der Waals surface area (Å²) in [6, 6.07) is -0.170. The Bertz CT molecular complexity index is 270. The molecule has 5 heteroatoms. The molecule has 1 atom stereocenters. The van der Waals surface area contributed by atoms with Crippen molar-refractivity contribution < 1.29 is 9.59 Å². The van der Waals surface area contributed by atoms with Gasteiger partial charge in [0, 0.05) is 33.1 Å². The first-order valence-corrected chi connectivity index (χ1v) is 5.71. The van der Waals surface area contributed by atoms with Crippen LogP contribution < -0.4 is 5.73 Å². The largest absolute Gasteiger partial charge is 0.343 e. The fourth-order valence-electron chi connectivity index (χ4n) is 2.02. The summed E-state index contributed by atoms with van der Waals surface area (Å²) in [7, 11) is 1.82. The summed E-state index contributed by atoms with van der Waals surface area (Å²) in [4.78, 5) is 26.4. The number of hydrogen-bond acceptors (Lipinski definition) is 3. The van der Waals surface area contributed by atoms with Crippen LogP contribution in [0.3, 0.4) is 0 Å². The van der Waals surface area contributed by atoms with Crippen LogP contribution in [0.1, 0.15) is 26.7 Å². The van der Waals surface area contributed by atoms with Crippen molar-refractivity contribution in [3.05, 3.63) is 0 Å². The van der Waals surface area contributed by atoms with Gasteiger partial charge in [0.05, 0.1) is 6.04 Å². The Kier molecular flexibility index (Phi) is 4.29. The third-order valence-electron chi connectivity index (χ3n) is 3.21. The number of nitrogens with zero attached hydrogens (tertiary/aromatic N) is 2. The molecule has 1 unspecified atom stereocenters. The molecule has 0 spiro atoms. The summed E-state index contributed by atoms with van der Waals surface area (Å²) in [5.41, 5.74) is 5.55. The van der Waals surface area contributed by atoms with Crippen molar-refractivity contribution in [3.63, 3.8) is 0 Å². The third-order valence-corrected chi connectivity index (χ3v) is 3.21. The molecule has 1 aliphatic heterocycles.